The first-order valence-corrected chi connectivity index (χ1v) is 11.9. The molecule has 30 heavy (non-hydrogen) atoms. The molecule has 1 amide bonds. The van der Waals surface area contributed by atoms with E-state index >= 15 is 0 Å². The lowest BCUT2D eigenvalue weighted by Crippen LogP contribution is -2.46. The standard InChI is InChI=1S/C22H25ClFNO4S/c1-14-10-20(11-15(2)21(14)23)29-16(3)22(26)25(19-8-9-30(27,28)13-19)12-17-4-6-18(24)7-5-17/h4-7,10-11,16,19H,8-9,12-13H2,1-3H3/t16-,19+/m1/s1. The average Bonchev–Trinajstić information content (AvgIpc) is 3.04. The number of ether oxygens (including phenoxy) is 1. The van der Waals surface area contributed by atoms with Crippen LogP contribution in [-0.4, -0.2) is 42.9 Å². The molecular formula is C22H25ClFNO4S. The van der Waals surface area contributed by atoms with Gasteiger partial charge in [0.2, 0.25) is 0 Å². The summed E-state index contributed by atoms with van der Waals surface area (Å²) < 4.78 is 43.1. The van der Waals surface area contributed by atoms with Crippen molar-refractivity contribution in [1.29, 1.82) is 0 Å². The highest BCUT2D eigenvalue weighted by Crippen LogP contribution is 2.27. The highest BCUT2D eigenvalue weighted by Gasteiger charge is 2.36. The van der Waals surface area contributed by atoms with Gasteiger partial charge in [-0.1, -0.05) is 23.7 Å². The molecular weight excluding hydrogens is 429 g/mol. The molecule has 0 aliphatic carbocycles. The fourth-order valence-electron chi connectivity index (χ4n) is 3.66. The third-order valence-corrected chi connectivity index (χ3v) is 7.62. The fraction of sp³-hybridized carbons (Fsp3) is 0.409. The molecule has 1 aliphatic rings. The van der Waals surface area contributed by atoms with Crippen LogP contribution in [0.4, 0.5) is 4.39 Å². The molecule has 1 fully saturated rings. The molecule has 0 aromatic heterocycles. The van der Waals surface area contributed by atoms with Crippen molar-refractivity contribution in [1.82, 2.24) is 4.90 Å². The summed E-state index contributed by atoms with van der Waals surface area (Å²) in [5.41, 5.74) is 2.41. The zero-order valence-corrected chi connectivity index (χ0v) is 18.8. The second-order valence-corrected chi connectivity index (χ2v) is 10.4. The summed E-state index contributed by atoms with van der Waals surface area (Å²) in [6.07, 6.45) is -0.449. The molecule has 0 N–H and O–H groups in total. The van der Waals surface area contributed by atoms with Gasteiger partial charge in [0.15, 0.2) is 15.9 Å². The van der Waals surface area contributed by atoms with Gasteiger partial charge in [0, 0.05) is 17.6 Å². The first kappa shape index (κ1) is 22.6. The Morgan fingerprint density at radius 1 is 1.23 bits per heavy atom. The van der Waals surface area contributed by atoms with Crippen LogP contribution in [0.3, 0.4) is 0 Å². The minimum absolute atomic E-state index is 0.0513. The van der Waals surface area contributed by atoms with Gasteiger partial charge in [-0.15, -0.1) is 0 Å². The van der Waals surface area contributed by atoms with Crippen LogP contribution in [0.5, 0.6) is 5.75 Å². The van der Waals surface area contributed by atoms with Gasteiger partial charge < -0.3 is 9.64 Å². The van der Waals surface area contributed by atoms with Crippen molar-refractivity contribution in [2.45, 2.75) is 45.9 Å². The van der Waals surface area contributed by atoms with Crippen LogP contribution in [-0.2, 0) is 21.2 Å². The molecule has 3 rings (SSSR count). The Balaban J connectivity index is 1.82. The van der Waals surface area contributed by atoms with Gasteiger partial charge in [-0.25, -0.2) is 12.8 Å². The van der Waals surface area contributed by atoms with Crippen molar-refractivity contribution >= 4 is 27.3 Å². The summed E-state index contributed by atoms with van der Waals surface area (Å²) in [7, 11) is -3.18. The number of benzene rings is 2. The molecule has 0 bridgehead atoms. The van der Waals surface area contributed by atoms with Crippen molar-refractivity contribution in [3.8, 4) is 5.75 Å². The third-order valence-electron chi connectivity index (χ3n) is 5.27. The van der Waals surface area contributed by atoms with E-state index in [9.17, 15) is 17.6 Å². The second kappa shape index (κ2) is 8.94. The van der Waals surface area contributed by atoms with Crippen molar-refractivity contribution in [3.05, 3.63) is 63.9 Å². The van der Waals surface area contributed by atoms with E-state index in [0.717, 1.165) is 16.7 Å². The Hall–Kier alpha value is -2.12. The summed E-state index contributed by atoms with van der Waals surface area (Å²) in [6, 6.07) is 8.93. The van der Waals surface area contributed by atoms with Crippen molar-refractivity contribution in [2.24, 2.45) is 0 Å². The number of aryl methyl sites for hydroxylation is 2. The van der Waals surface area contributed by atoms with Crippen LogP contribution < -0.4 is 4.74 Å². The SMILES string of the molecule is Cc1cc(O[C@H](C)C(=O)N(Cc2ccc(F)cc2)[C@H]2CCS(=O)(=O)C2)cc(C)c1Cl. The number of sulfone groups is 1. The van der Waals surface area contributed by atoms with E-state index in [4.69, 9.17) is 16.3 Å². The lowest BCUT2D eigenvalue weighted by atomic mass is 10.1. The van der Waals surface area contributed by atoms with Gasteiger partial charge in [-0.3, -0.25) is 4.79 Å². The molecule has 162 valence electrons. The number of carbonyl (C=O) groups is 1. The van der Waals surface area contributed by atoms with E-state index in [2.05, 4.69) is 0 Å². The zero-order chi connectivity index (χ0) is 22.1. The molecule has 0 unspecified atom stereocenters. The molecule has 1 heterocycles. The molecule has 1 aliphatic heterocycles. The Bertz CT molecular complexity index is 1020. The second-order valence-electron chi connectivity index (χ2n) is 7.78. The smallest absolute Gasteiger partial charge is 0.263 e. The average molecular weight is 454 g/mol. The van der Waals surface area contributed by atoms with E-state index in [-0.39, 0.29) is 29.8 Å². The van der Waals surface area contributed by atoms with Gasteiger partial charge in [-0.05, 0) is 68.1 Å². The Kier molecular flexibility index (Phi) is 6.72. The minimum atomic E-state index is -3.18. The van der Waals surface area contributed by atoms with Gasteiger partial charge in [0.1, 0.15) is 11.6 Å². The Labute approximate surface area is 181 Å². The van der Waals surface area contributed by atoms with E-state index in [1.807, 2.05) is 13.8 Å². The summed E-state index contributed by atoms with van der Waals surface area (Å²) in [4.78, 5) is 14.8. The monoisotopic (exact) mass is 453 g/mol. The van der Waals surface area contributed by atoms with Gasteiger partial charge in [0.05, 0.1) is 11.5 Å². The summed E-state index contributed by atoms with van der Waals surface area (Å²) in [6.45, 7) is 5.55. The zero-order valence-electron chi connectivity index (χ0n) is 17.2. The predicted molar refractivity (Wildman–Crippen MR) is 115 cm³/mol. The van der Waals surface area contributed by atoms with Crippen molar-refractivity contribution in [3.63, 3.8) is 0 Å². The topological polar surface area (TPSA) is 63.7 Å². The van der Waals surface area contributed by atoms with Crippen molar-refractivity contribution in [2.75, 3.05) is 11.5 Å². The molecule has 0 saturated carbocycles. The molecule has 8 heteroatoms. The number of rotatable bonds is 6. The maximum Gasteiger partial charge on any atom is 0.263 e. The van der Waals surface area contributed by atoms with Crippen LogP contribution in [0, 0.1) is 19.7 Å². The van der Waals surface area contributed by atoms with E-state index in [1.54, 1.807) is 31.2 Å². The summed E-state index contributed by atoms with van der Waals surface area (Å²) in [5.74, 6) is -0.186. The number of hydrogen-bond acceptors (Lipinski definition) is 4. The third kappa shape index (κ3) is 5.32. The van der Waals surface area contributed by atoms with E-state index < -0.39 is 22.0 Å². The number of carbonyl (C=O) groups excluding carboxylic acids is 1. The van der Waals surface area contributed by atoms with E-state index in [0.29, 0.717) is 17.2 Å². The van der Waals surface area contributed by atoms with Gasteiger partial charge >= 0.3 is 0 Å². The first-order valence-electron chi connectivity index (χ1n) is 9.74. The minimum Gasteiger partial charge on any atom is -0.481 e. The number of amides is 1. The molecule has 0 radical (unpaired) electrons. The Morgan fingerprint density at radius 3 is 2.37 bits per heavy atom. The maximum absolute atomic E-state index is 13.3. The van der Waals surface area contributed by atoms with Crippen LogP contribution in [0.15, 0.2) is 36.4 Å². The Morgan fingerprint density at radius 2 is 1.83 bits per heavy atom. The quantitative estimate of drug-likeness (QED) is 0.661. The number of nitrogens with zero attached hydrogens (tertiary/aromatic N) is 1. The van der Waals surface area contributed by atoms with Crippen LogP contribution in [0.25, 0.3) is 0 Å². The number of halogens is 2. The highest BCUT2D eigenvalue weighted by atomic mass is 35.5. The molecule has 2 aromatic rings. The lowest BCUT2D eigenvalue weighted by Gasteiger charge is -2.31. The normalized spacial score (nSPS) is 18.8. The molecule has 5 nitrogen and oxygen atoms in total. The predicted octanol–water partition coefficient (Wildman–Crippen LogP) is 4.08. The lowest BCUT2D eigenvalue weighted by molar-refractivity contribution is -0.140. The molecule has 0 spiro atoms. The molecule has 2 atom stereocenters. The molecule has 2 aromatic carbocycles. The van der Waals surface area contributed by atoms with Gasteiger partial charge in [0.25, 0.3) is 5.91 Å². The van der Waals surface area contributed by atoms with Gasteiger partial charge in [-0.2, -0.15) is 0 Å². The first-order chi connectivity index (χ1) is 14.1. The highest BCUT2D eigenvalue weighted by molar-refractivity contribution is 7.91. The fourth-order valence-corrected chi connectivity index (χ4v) is 5.50. The van der Waals surface area contributed by atoms with Crippen molar-refractivity contribution < 1.29 is 22.3 Å². The van der Waals surface area contributed by atoms with Crippen LogP contribution in [0.2, 0.25) is 5.02 Å². The van der Waals surface area contributed by atoms with Crippen LogP contribution >= 0.6 is 11.6 Å². The molecule has 1 saturated heterocycles. The number of hydrogen-bond donors (Lipinski definition) is 0. The summed E-state index contributed by atoms with van der Waals surface area (Å²) >= 11 is 6.20. The maximum atomic E-state index is 13.3. The van der Waals surface area contributed by atoms with Crippen LogP contribution in [0.1, 0.15) is 30.0 Å². The summed E-state index contributed by atoms with van der Waals surface area (Å²) in [5, 5.41) is 0.649. The van der Waals surface area contributed by atoms with E-state index in [1.165, 1.54) is 17.0 Å². The largest absolute Gasteiger partial charge is 0.481 e.